The Labute approximate surface area is 190 Å². The second kappa shape index (κ2) is 9.70. The predicted molar refractivity (Wildman–Crippen MR) is 126 cm³/mol. The van der Waals surface area contributed by atoms with Gasteiger partial charge in [0.25, 0.3) is 11.8 Å². The molecule has 4 rings (SSSR count). The van der Waals surface area contributed by atoms with Crippen molar-refractivity contribution >= 4 is 35.2 Å². The first-order valence-electron chi connectivity index (χ1n) is 10.3. The Morgan fingerprint density at radius 3 is 2.38 bits per heavy atom. The third kappa shape index (κ3) is 4.84. The van der Waals surface area contributed by atoms with E-state index < -0.39 is 5.91 Å². The molecule has 3 N–H and O–H groups in total. The molecule has 1 unspecified atom stereocenters. The van der Waals surface area contributed by atoms with Crippen molar-refractivity contribution in [1.82, 2.24) is 4.90 Å². The van der Waals surface area contributed by atoms with E-state index in [1.165, 1.54) is 5.56 Å². The number of nitrogens with one attached hydrogen (secondary N) is 1. The molecule has 3 aromatic carbocycles. The third-order valence-corrected chi connectivity index (χ3v) is 6.61. The van der Waals surface area contributed by atoms with E-state index in [4.69, 9.17) is 5.73 Å². The van der Waals surface area contributed by atoms with Gasteiger partial charge in [-0.2, -0.15) is 0 Å². The first-order valence-corrected chi connectivity index (χ1v) is 11.3. The van der Waals surface area contributed by atoms with Crippen molar-refractivity contribution in [3.05, 3.63) is 101 Å². The number of hydrogen-bond donors (Lipinski definition) is 2. The van der Waals surface area contributed by atoms with Crippen molar-refractivity contribution in [1.29, 1.82) is 0 Å². The molecule has 0 spiro atoms. The number of hydrogen-bond acceptors (Lipinski definition) is 4. The molecule has 1 aliphatic rings. The number of primary amides is 1. The first kappa shape index (κ1) is 21.6. The van der Waals surface area contributed by atoms with Crippen LogP contribution in [-0.2, 0) is 11.2 Å². The van der Waals surface area contributed by atoms with Crippen LogP contribution in [0.2, 0.25) is 0 Å². The summed E-state index contributed by atoms with van der Waals surface area (Å²) in [5.41, 5.74) is 8.64. The third-order valence-electron chi connectivity index (χ3n) is 5.35. The first-order chi connectivity index (χ1) is 15.5. The molecule has 1 heterocycles. The monoisotopic (exact) mass is 445 g/mol. The lowest BCUT2D eigenvalue weighted by atomic mass is 10.1. The largest absolute Gasteiger partial charge is 0.366 e. The number of anilines is 1. The summed E-state index contributed by atoms with van der Waals surface area (Å²) in [4.78, 5) is 38.6. The van der Waals surface area contributed by atoms with Crippen molar-refractivity contribution < 1.29 is 14.4 Å². The van der Waals surface area contributed by atoms with Crippen molar-refractivity contribution in [3.8, 4) is 0 Å². The number of nitrogens with zero attached hydrogens (tertiary/aromatic N) is 1. The molecular weight excluding hydrogens is 422 g/mol. The second-order valence-corrected chi connectivity index (χ2v) is 8.54. The van der Waals surface area contributed by atoms with Gasteiger partial charge in [-0.05, 0) is 41.8 Å². The topological polar surface area (TPSA) is 92.5 Å². The standard InChI is InChI=1S/C25H23N3O3S/c26-23(30)20-8-4-5-9-21(20)27-24(31)18-10-12-19(13-11-18)25-28(22(29)16-32-25)15-14-17-6-2-1-3-7-17/h1-13,25H,14-16H2,(H2,26,30)(H,27,31). The number of carbonyl (C=O) groups excluding carboxylic acids is 3. The van der Waals surface area contributed by atoms with E-state index in [1.807, 2.05) is 35.2 Å². The zero-order valence-electron chi connectivity index (χ0n) is 17.4. The number of para-hydroxylation sites is 1. The summed E-state index contributed by atoms with van der Waals surface area (Å²) >= 11 is 1.59. The molecule has 0 aliphatic carbocycles. The lowest BCUT2D eigenvalue weighted by Gasteiger charge is -2.24. The summed E-state index contributed by atoms with van der Waals surface area (Å²) in [6, 6.07) is 23.9. The summed E-state index contributed by atoms with van der Waals surface area (Å²) in [6.07, 6.45) is 0.795. The van der Waals surface area contributed by atoms with Crippen LogP contribution in [-0.4, -0.2) is 34.9 Å². The number of nitrogens with two attached hydrogens (primary N) is 1. The van der Waals surface area contributed by atoms with Crippen LogP contribution in [0.3, 0.4) is 0 Å². The smallest absolute Gasteiger partial charge is 0.255 e. The molecule has 0 bridgehead atoms. The maximum Gasteiger partial charge on any atom is 0.255 e. The molecule has 0 saturated carbocycles. The average molecular weight is 446 g/mol. The van der Waals surface area contributed by atoms with Crippen molar-refractivity contribution in [3.63, 3.8) is 0 Å². The number of thioether (sulfide) groups is 1. The predicted octanol–water partition coefficient (Wildman–Crippen LogP) is 3.85. The van der Waals surface area contributed by atoms with E-state index in [9.17, 15) is 14.4 Å². The van der Waals surface area contributed by atoms with Gasteiger partial charge in [-0.3, -0.25) is 14.4 Å². The zero-order chi connectivity index (χ0) is 22.5. The van der Waals surface area contributed by atoms with Crippen molar-refractivity contribution in [2.45, 2.75) is 11.8 Å². The molecular formula is C25H23N3O3S. The van der Waals surface area contributed by atoms with Crippen LogP contribution >= 0.6 is 11.8 Å². The molecule has 0 radical (unpaired) electrons. The van der Waals surface area contributed by atoms with Gasteiger partial charge in [-0.1, -0.05) is 54.6 Å². The normalized spacial score (nSPS) is 15.6. The molecule has 1 aliphatic heterocycles. The summed E-state index contributed by atoms with van der Waals surface area (Å²) in [5.74, 6) is -0.358. The average Bonchev–Trinajstić information content (AvgIpc) is 3.19. The fourth-order valence-electron chi connectivity index (χ4n) is 3.67. The molecule has 6 nitrogen and oxygen atoms in total. The number of amides is 3. The van der Waals surface area contributed by atoms with Crippen molar-refractivity contribution in [2.75, 3.05) is 17.6 Å². The molecule has 162 valence electrons. The summed E-state index contributed by atoms with van der Waals surface area (Å²) in [6.45, 7) is 0.645. The Kier molecular flexibility index (Phi) is 6.56. The van der Waals surface area contributed by atoms with E-state index in [0.717, 1.165) is 12.0 Å². The van der Waals surface area contributed by atoms with Gasteiger partial charge in [0.15, 0.2) is 0 Å². The highest BCUT2D eigenvalue weighted by Gasteiger charge is 2.32. The molecule has 0 aromatic heterocycles. The van der Waals surface area contributed by atoms with Gasteiger partial charge in [0, 0.05) is 12.1 Å². The summed E-state index contributed by atoms with van der Waals surface area (Å²) in [5, 5.41) is 2.67. The highest BCUT2D eigenvalue weighted by Crippen LogP contribution is 2.38. The lowest BCUT2D eigenvalue weighted by molar-refractivity contribution is -0.128. The van der Waals surface area contributed by atoms with Crippen LogP contribution < -0.4 is 11.1 Å². The molecule has 7 heteroatoms. The molecule has 1 atom stereocenters. The van der Waals surface area contributed by atoms with E-state index in [0.29, 0.717) is 23.5 Å². The Balaban J connectivity index is 1.45. The Bertz CT molecular complexity index is 1130. The van der Waals surface area contributed by atoms with Crippen LogP contribution in [0.5, 0.6) is 0 Å². The zero-order valence-corrected chi connectivity index (χ0v) is 18.2. The maximum atomic E-state index is 12.7. The van der Waals surface area contributed by atoms with Gasteiger partial charge in [0.2, 0.25) is 5.91 Å². The van der Waals surface area contributed by atoms with Gasteiger partial charge in [0.1, 0.15) is 5.37 Å². The minimum absolute atomic E-state index is 0.0705. The van der Waals surface area contributed by atoms with Gasteiger partial charge in [0.05, 0.1) is 17.0 Å². The van der Waals surface area contributed by atoms with Gasteiger partial charge in [-0.15, -0.1) is 11.8 Å². The Hall–Kier alpha value is -3.58. The quantitative estimate of drug-likeness (QED) is 0.578. The van der Waals surface area contributed by atoms with Gasteiger partial charge >= 0.3 is 0 Å². The maximum absolute atomic E-state index is 12.7. The van der Waals surface area contributed by atoms with Crippen LogP contribution in [0.4, 0.5) is 5.69 Å². The number of benzene rings is 3. The van der Waals surface area contributed by atoms with Crippen LogP contribution in [0.1, 0.15) is 37.2 Å². The highest BCUT2D eigenvalue weighted by molar-refractivity contribution is 8.00. The second-order valence-electron chi connectivity index (χ2n) is 7.47. The molecule has 1 fully saturated rings. The van der Waals surface area contributed by atoms with Crippen LogP contribution in [0, 0.1) is 0 Å². The number of rotatable bonds is 7. The summed E-state index contributed by atoms with van der Waals surface area (Å²) in [7, 11) is 0. The van der Waals surface area contributed by atoms with Gasteiger partial charge < -0.3 is 16.0 Å². The molecule has 32 heavy (non-hydrogen) atoms. The molecule has 1 saturated heterocycles. The van der Waals surface area contributed by atoms with Crippen LogP contribution in [0.25, 0.3) is 0 Å². The van der Waals surface area contributed by atoms with E-state index >= 15 is 0 Å². The minimum atomic E-state index is -0.602. The summed E-state index contributed by atoms with van der Waals surface area (Å²) < 4.78 is 0. The molecule has 3 amide bonds. The van der Waals surface area contributed by atoms with E-state index in [1.54, 1.807) is 48.2 Å². The Morgan fingerprint density at radius 2 is 1.66 bits per heavy atom. The SMILES string of the molecule is NC(=O)c1ccccc1NC(=O)c1ccc(C2SCC(=O)N2CCc2ccccc2)cc1. The van der Waals surface area contributed by atoms with Crippen molar-refractivity contribution in [2.24, 2.45) is 5.73 Å². The number of carbonyl (C=O) groups is 3. The lowest BCUT2D eigenvalue weighted by Crippen LogP contribution is -2.30. The fourth-order valence-corrected chi connectivity index (χ4v) is 4.89. The van der Waals surface area contributed by atoms with Crippen LogP contribution in [0.15, 0.2) is 78.9 Å². The van der Waals surface area contributed by atoms with E-state index in [-0.39, 0.29) is 22.8 Å². The molecule has 3 aromatic rings. The van der Waals surface area contributed by atoms with Gasteiger partial charge in [-0.25, -0.2) is 0 Å². The fraction of sp³-hybridized carbons (Fsp3) is 0.160. The Morgan fingerprint density at radius 1 is 0.969 bits per heavy atom. The highest BCUT2D eigenvalue weighted by atomic mass is 32.2. The van der Waals surface area contributed by atoms with E-state index in [2.05, 4.69) is 17.4 Å². The minimum Gasteiger partial charge on any atom is -0.366 e.